The number of methoxy groups -OCH3 is 1. The predicted octanol–water partition coefficient (Wildman–Crippen LogP) is 4.35. The number of hydrogen-bond donors (Lipinski definition) is 3. The zero-order valence-corrected chi connectivity index (χ0v) is 30.8. The van der Waals surface area contributed by atoms with Crippen molar-refractivity contribution in [1.82, 2.24) is 14.6 Å². The third kappa shape index (κ3) is 8.65. The minimum absolute atomic E-state index is 0.00352. The molecule has 7 atom stereocenters. The Morgan fingerprint density at radius 2 is 1.96 bits per heavy atom. The number of fused-ring (bicyclic) bond motifs is 1. The van der Waals surface area contributed by atoms with Crippen LogP contribution in [0.2, 0.25) is 0 Å². The van der Waals surface area contributed by atoms with Gasteiger partial charge in [0.1, 0.15) is 23.7 Å². The molecular weight excluding hydrogens is 678 g/mol. The van der Waals surface area contributed by atoms with Crippen LogP contribution in [0.25, 0.3) is 10.8 Å². The minimum atomic E-state index is -3.66. The van der Waals surface area contributed by atoms with Gasteiger partial charge in [-0.25, -0.2) is 17.8 Å². The molecule has 2 heterocycles. The highest BCUT2D eigenvalue weighted by Crippen LogP contribution is 2.43. The Morgan fingerprint density at radius 1 is 1.22 bits per heavy atom. The van der Waals surface area contributed by atoms with Crippen molar-refractivity contribution < 1.29 is 36.7 Å². The Labute approximate surface area is 299 Å². The number of rotatable bonds is 16. The van der Waals surface area contributed by atoms with Gasteiger partial charge in [-0.05, 0) is 87.8 Å². The van der Waals surface area contributed by atoms with Crippen molar-refractivity contribution in [3.05, 3.63) is 42.4 Å². The maximum Gasteiger partial charge on any atom is 0.240 e. The zero-order valence-electron chi connectivity index (χ0n) is 30.0. The normalized spacial score (nSPS) is 24.7. The van der Waals surface area contributed by atoms with Gasteiger partial charge in [0.25, 0.3) is 0 Å². The smallest absolute Gasteiger partial charge is 0.240 e. The van der Waals surface area contributed by atoms with Crippen LogP contribution >= 0.6 is 0 Å². The molecule has 0 radical (unpaired) electrons. The molecular formula is C37H52FN5O7S. The molecule has 5 rings (SSSR count). The van der Waals surface area contributed by atoms with Gasteiger partial charge < -0.3 is 25.8 Å². The van der Waals surface area contributed by atoms with E-state index in [1.165, 1.54) is 30.3 Å². The first kappa shape index (κ1) is 38.5. The van der Waals surface area contributed by atoms with Crippen molar-refractivity contribution in [3.63, 3.8) is 0 Å². The van der Waals surface area contributed by atoms with Gasteiger partial charge in [0.2, 0.25) is 33.6 Å². The van der Waals surface area contributed by atoms with Crippen LogP contribution in [0.3, 0.4) is 0 Å². The summed E-state index contributed by atoms with van der Waals surface area (Å²) in [6.07, 6.45) is 11.7. The first-order valence-corrected chi connectivity index (χ1v) is 19.5. The number of likely N-dealkylation sites (tertiary alicyclic amines) is 1. The third-order valence-electron chi connectivity index (χ3n) is 11.1. The second-order valence-electron chi connectivity index (χ2n) is 14.9. The lowest BCUT2D eigenvalue weighted by atomic mass is 9.85. The summed E-state index contributed by atoms with van der Waals surface area (Å²) in [7, 11) is -2.16. The number of ether oxygens (including phenoxy) is 2. The average Bonchev–Trinajstić information content (AvgIpc) is 3.48. The number of amides is 3. The molecule has 1 aromatic heterocycles. The van der Waals surface area contributed by atoms with E-state index in [4.69, 9.17) is 20.9 Å². The number of primary amides is 1. The lowest BCUT2D eigenvalue weighted by Crippen LogP contribution is -2.52. The molecule has 51 heavy (non-hydrogen) atoms. The van der Waals surface area contributed by atoms with Crippen LogP contribution in [0.4, 0.5) is 4.39 Å². The van der Waals surface area contributed by atoms with E-state index < -0.39 is 50.6 Å². The molecule has 3 amide bonds. The molecule has 3 aliphatic rings. The van der Waals surface area contributed by atoms with E-state index in [2.05, 4.69) is 28.8 Å². The molecule has 1 unspecified atom stereocenters. The third-order valence-corrected chi connectivity index (χ3v) is 13.3. The number of carbonyl (C=O) groups excluding carboxylic acids is 3. The number of nitrogens with one attached hydrogen (secondary N) is 1. The quantitative estimate of drug-likeness (QED) is 0.212. The number of nitrogens with two attached hydrogens (primary N) is 2. The number of aromatic nitrogens is 1. The molecule has 5 N–H and O–H groups in total. The van der Waals surface area contributed by atoms with E-state index >= 15 is 0 Å². The van der Waals surface area contributed by atoms with Crippen molar-refractivity contribution in [2.75, 3.05) is 13.7 Å². The molecule has 280 valence electrons. The topological polar surface area (TPSA) is 184 Å². The molecule has 2 aromatic rings. The van der Waals surface area contributed by atoms with E-state index in [0.29, 0.717) is 48.6 Å². The monoisotopic (exact) mass is 729 g/mol. The second-order valence-corrected chi connectivity index (χ2v) is 17.1. The maximum atomic E-state index is 14.2. The van der Waals surface area contributed by atoms with Crippen molar-refractivity contribution in [1.29, 1.82) is 0 Å². The van der Waals surface area contributed by atoms with Gasteiger partial charge in [-0.15, -0.1) is 0 Å². The van der Waals surface area contributed by atoms with E-state index in [1.807, 2.05) is 6.92 Å². The summed E-state index contributed by atoms with van der Waals surface area (Å²) in [6.45, 7) is 5.85. The first-order chi connectivity index (χ1) is 24.2. The number of halogens is 1. The highest BCUT2D eigenvalue weighted by Gasteiger charge is 2.51. The van der Waals surface area contributed by atoms with E-state index in [1.54, 1.807) is 13.0 Å². The van der Waals surface area contributed by atoms with Gasteiger partial charge in [-0.1, -0.05) is 38.8 Å². The molecule has 14 heteroatoms. The summed E-state index contributed by atoms with van der Waals surface area (Å²) in [5.74, 6) is -1.53. The summed E-state index contributed by atoms with van der Waals surface area (Å²) in [5.41, 5.74) is 12.3. The first-order valence-electron chi connectivity index (χ1n) is 18.0. The molecule has 2 aliphatic carbocycles. The van der Waals surface area contributed by atoms with Gasteiger partial charge >= 0.3 is 0 Å². The molecule has 3 fully saturated rings. The van der Waals surface area contributed by atoms with Crippen molar-refractivity contribution in [2.45, 2.75) is 108 Å². The Bertz CT molecular complexity index is 1750. The molecule has 1 aromatic carbocycles. The number of benzene rings is 1. The molecule has 0 bridgehead atoms. The Morgan fingerprint density at radius 3 is 2.63 bits per heavy atom. The standard InChI is InChI=1S/C37H52FN5O7S/c1-5-23(17-22(2)9-6-7-10-24-11-8-12-27(24)34(45)42-51(47,48)37(3)15-16-37)32(39)36(46)43-21-26(19-30(43)33(40)44)50-35-29-18-25(38)13-14-28(29)31(49-4)20-41-35/h7,10,13-14,18,20,22-24,26-27,30,32H,5-6,8-9,11-12,15-17,19,21,39H2,1-4H3,(H2,40,44)(H,42,45)/b10-7-/t22-,23-,24-,26-,27?,30+,32+/m1/s1. The van der Waals surface area contributed by atoms with Crippen molar-refractivity contribution >= 4 is 38.5 Å². The fraction of sp³-hybridized carbons (Fsp3) is 0.622. The lowest BCUT2D eigenvalue weighted by Gasteiger charge is -2.30. The predicted molar refractivity (Wildman–Crippen MR) is 191 cm³/mol. The fourth-order valence-electron chi connectivity index (χ4n) is 7.54. The van der Waals surface area contributed by atoms with Crippen LogP contribution in [0, 0.1) is 29.5 Å². The van der Waals surface area contributed by atoms with Crippen molar-refractivity contribution in [3.8, 4) is 11.6 Å². The summed E-state index contributed by atoms with van der Waals surface area (Å²) in [5, 5.41) is 1.02. The minimum Gasteiger partial charge on any atom is -0.494 e. The maximum absolute atomic E-state index is 14.2. The molecule has 2 saturated carbocycles. The Kier molecular flexibility index (Phi) is 12.0. The lowest BCUT2D eigenvalue weighted by molar-refractivity contribution is -0.139. The zero-order chi connectivity index (χ0) is 37.1. The summed E-state index contributed by atoms with van der Waals surface area (Å²) in [6, 6.07) is 2.44. The summed E-state index contributed by atoms with van der Waals surface area (Å²) >= 11 is 0. The highest BCUT2D eigenvalue weighted by atomic mass is 32.2. The van der Waals surface area contributed by atoms with Crippen LogP contribution in [-0.4, -0.2) is 72.6 Å². The average molecular weight is 730 g/mol. The second kappa shape index (κ2) is 15.9. The number of allylic oxidation sites excluding steroid dienone is 2. The van der Waals surface area contributed by atoms with E-state index in [0.717, 1.165) is 25.7 Å². The summed E-state index contributed by atoms with van der Waals surface area (Å²) in [4.78, 5) is 44.9. The van der Waals surface area contributed by atoms with Gasteiger partial charge in [0, 0.05) is 17.7 Å². The number of pyridine rings is 1. The molecule has 12 nitrogen and oxygen atoms in total. The largest absolute Gasteiger partial charge is 0.494 e. The number of sulfonamides is 1. The Hall–Kier alpha value is -3.78. The van der Waals surface area contributed by atoms with Crippen LogP contribution < -0.4 is 25.7 Å². The number of nitrogens with zero attached hydrogens (tertiary/aromatic N) is 2. The van der Waals surface area contributed by atoms with Gasteiger partial charge in [0.05, 0.1) is 36.0 Å². The van der Waals surface area contributed by atoms with Crippen LogP contribution in [0.15, 0.2) is 36.5 Å². The fourth-order valence-corrected chi connectivity index (χ4v) is 8.84. The molecule has 0 spiro atoms. The van der Waals surface area contributed by atoms with Gasteiger partial charge in [-0.3, -0.25) is 19.1 Å². The van der Waals surface area contributed by atoms with Crippen LogP contribution in [-0.2, 0) is 24.4 Å². The highest BCUT2D eigenvalue weighted by molar-refractivity contribution is 7.91. The van der Waals surface area contributed by atoms with Gasteiger partial charge in [-0.2, -0.15) is 0 Å². The van der Waals surface area contributed by atoms with Crippen LogP contribution in [0.1, 0.15) is 85.0 Å². The SMILES string of the molecule is CC[C@H](C[C@H](C)CC/C=C\[C@@H]1CCCC1C(=O)NS(=O)(=O)C1(C)CC1)[C@H](N)C(=O)N1C[C@H](Oc2ncc(OC)c3ccc(F)cc23)C[C@H]1C(N)=O. The summed E-state index contributed by atoms with van der Waals surface area (Å²) < 4.78 is 52.3. The van der Waals surface area contributed by atoms with Crippen LogP contribution in [0.5, 0.6) is 11.6 Å². The van der Waals surface area contributed by atoms with Gasteiger partial charge in [0.15, 0.2) is 0 Å². The van der Waals surface area contributed by atoms with E-state index in [-0.39, 0.29) is 48.4 Å². The Balaban J connectivity index is 1.14. The van der Waals surface area contributed by atoms with E-state index in [9.17, 15) is 27.2 Å². The molecule has 1 aliphatic heterocycles. The number of carbonyl (C=O) groups is 3. The number of hydrogen-bond acceptors (Lipinski definition) is 9. The molecule has 1 saturated heterocycles. The van der Waals surface area contributed by atoms with Crippen molar-refractivity contribution in [2.24, 2.45) is 35.1 Å².